The molecule has 7 heteroatoms. The zero-order valence-electron chi connectivity index (χ0n) is 13.2. The van der Waals surface area contributed by atoms with Crippen LogP contribution in [0.15, 0.2) is 48.5 Å². The van der Waals surface area contributed by atoms with Gasteiger partial charge in [0.15, 0.2) is 0 Å². The lowest BCUT2D eigenvalue weighted by Gasteiger charge is -2.13. The van der Waals surface area contributed by atoms with Crippen LogP contribution in [0.4, 0.5) is 0 Å². The molecule has 0 bridgehead atoms. The first-order valence-electron chi connectivity index (χ1n) is 7.37. The van der Waals surface area contributed by atoms with E-state index in [0.29, 0.717) is 10.6 Å². The molecular weight excluding hydrogens is 326 g/mol. The second kappa shape index (κ2) is 6.56. The quantitative estimate of drug-likeness (QED) is 0.623. The number of amides is 2. The number of nitrogens with zero attached hydrogens (tertiary/aromatic N) is 1. The molecule has 0 aromatic heterocycles. The first kappa shape index (κ1) is 16.4. The second-order valence-electron chi connectivity index (χ2n) is 5.24. The number of benzene rings is 2. The van der Waals surface area contributed by atoms with Crippen LogP contribution in [0.3, 0.4) is 0 Å². The molecule has 0 radical (unpaired) electrons. The third-order valence-corrected chi connectivity index (χ3v) is 3.71. The average Bonchev–Trinajstić information content (AvgIpc) is 2.87. The summed E-state index contributed by atoms with van der Waals surface area (Å²) in [6, 6.07) is 12.5. The van der Waals surface area contributed by atoms with E-state index in [1.54, 1.807) is 30.3 Å². The number of hydrogen-bond donors (Lipinski definition) is 0. The normalized spacial score (nSPS) is 12.8. The summed E-state index contributed by atoms with van der Waals surface area (Å²) in [7, 11) is 1.23. The third kappa shape index (κ3) is 2.99. The van der Waals surface area contributed by atoms with Gasteiger partial charge in [-0.15, -0.1) is 0 Å². The van der Waals surface area contributed by atoms with Gasteiger partial charge in [0.1, 0.15) is 0 Å². The Morgan fingerprint density at radius 3 is 2.08 bits per heavy atom. The highest BCUT2D eigenvalue weighted by Crippen LogP contribution is 2.23. The van der Waals surface area contributed by atoms with E-state index < -0.39 is 23.8 Å². The summed E-state index contributed by atoms with van der Waals surface area (Å²) in [5.41, 5.74) is 0.936. The molecular formula is C18H13NO6. The van der Waals surface area contributed by atoms with E-state index in [2.05, 4.69) is 4.74 Å². The van der Waals surface area contributed by atoms with Gasteiger partial charge in [-0.25, -0.2) is 9.59 Å². The highest BCUT2D eigenvalue weighted by Gasteiger charge is 2.38. The Bertz CT molecular complexity index is 854. The summed E-state index contributed by atoms with van der Waals surface area (Å²) in [4.78, 5) is 53.1. The van der Waals surface area contributed by atoms with E-state index in [4.69, 9.17) is 4.84 Å². The minimum absolute atomic E-state index is 0.176. The van der Waals surface area contributed by atoms with E-state index in [9.17, 15) is 19.2 Å². The van der Waals surface area contributed by atoms with Gasteiger partial charge >= 0.3 is 11.9 Å². The van der Waals surface area contributed by atoms with Crippen LogP contribution in [0.2, 0.25) is 0 Å². The van der Waals surface area contributed by atoms with E-state index in [1.165, 1.54) is 25.3 Å². The molecule has 0 N–H and O–H groups in total. The van der Waals surface area contributed by atoms with Crippen LogP contribution in [0.1, 0.15) is 36.6 Å². The molecule has 0 spiro atoms. The molecule has 0 saturated carbocycles. The SMILES string of the molecule is COC(=O)c1ccccc1CC(=O)ON1C(=O)c2ccccc2C1=O. The van der Waals surface area contributed by atoms with E-state index in [-0.39, 0.29) is 23.1 Å². The van der Waals surface area contributed by atoms with Gasteiger partial charge in [0.25, 0.3) is 11.8 Å². The molecule has 1 aliphatic heterocycles. The fraction of sp³-hybridized carbons (Fsp3) is 0.111. The van der Waals surface area contributed by atoms with Gasteiger partial charge in [0, 0.05) is 0 Å². The van der Waals surface area contributed by atoms with E-state index in [1.807, 2.05) is 0 Å². The van der Waals surface area contributed by atoms with Crippen molar-refractivity contribution in [2.24, 2.45) is 0 Å². The van der Waals surface area contributed by atoms with Crippen LogP contribution in [-0.4, -0.2) is 35.9 Å². The molecule has 7 nitrogen and oxygen atoms in total. The van der Waals surface area contributed by atoms with Crippen LogP contribution in [0, 0.1) is 0 Å². The Kier molecular flexibility index (Phi) is 4.30. The molecule has 2 aromatic rings. The molecule has 25 heavy (non-hydrogen) atoms. The Morgan fingerprint density at radius 2 is 1.48 bits per heavy atom. The first-order valence-corrected chi connectivity index (χ1v) is 7.37. The standard InChI is InChI=1S/C18H13NO6/c1-24-18(23)12-7-3-2-6-11(12)10-15(20)25-19-16(21)13-8-4-5-9-14(13)17(19)22/h2-9H,10H2,1H3. The van der Waals surface area contributed by atoms with Gasteiger partial charge in [0.05, 0.1) is 30.2 Å². The number of hydroxylamine groups is 2. The van der Waals surface area contributed by atoms with Crippen LogP contribution < -0.4 is 0 Å². The minimum Gasteiger partial charge on any atom is -0.465 e. The number of ether oxygens (including phenoxy) is 1. The predicted octanol–water partition coefficient (Wildman–Crippen LogP) is 1.77. The van der Waals surface area contributed by atoms with Gasteiger partial charge in [-0.1, -0.05) is 35.4 Å². The van der Waals surface area contributed by atoms with Crippen molar-refractivity contribution >= 4 is 23.8 Å². The van der Waals surface area contributed by atoms with Crippen molar-refractivity contribution in [2.45, 2.75) is 6.42 Å². The van der Waals surface area contributed by atoms with Crippen molar-refractivity contribution in [2.75, 3.05) is 7.11 Å². The number of carbonyl (C=O) groups excluding carboxylic acids is 4. The molecule has 0 atom stereocenters. The van der Waals surface area contributed by atoms with Gasteiger partial charge in [-0.3, -0.25) is 9.59 Å². The molecule has 0 fully saturated rings. The van der Waals surface area contributed by atoms with Crippen LogP contribution in [0.5, 0.6) is 0 Å². The number of hydrogen-bond acceptors (Lipinski definition) is 6. The number of carbonyl (C=O) groups is 4. The van der Waals surface area contributed by atoms with Crippen molar-refractivity contribution in [1.82, 2.24) is 5.06 Å². The number of rotatable bonds is 4. The van der Waals surface area contributed by atoms with Crippen molar-refractivity contribution in [3.63, 3.8) is 0 Å². The van der Waals surface area contributed by atoms with Crippen molar-refractivity contribution in [1.29, 1.82) is 0 Å². The topological polar surface area (TPSA) is 90.0 Å². The fourth-order valence-corrected chi connectivity index (χ4v) is 2.52. The van der Waals surface area contributed by atoms with Crippen molar-refractivity contribution in [3.05, 3.63) is 70.8 Å². The lowest BCUT2D eigenvalue weighted by Crippen LogP contribution is -2.33. The Hall–Kier alpha value is -3.48. The summed E-state index contributed by atoms with van der Waals surface area (Å²) < 4.78 is 4.66. The minimum atomic E-state index is -0.842. The van der Waals surface area contributed by atoms with E-state index in [0.717, 1.165) is 0 Å². The van der Waals surface area contributed by atoms with Crippen molar-refractivity contribution in [3.8, 4) is 0 Å². The molecule has 3 rings (SSSR count). The molecule has 0 unspecified atom stereocenters. The van der Waals surface area contributed by atoms with Crippen LogP contribution >= 0.6 is 0 Å². The van der Waals surface area contributed by atoms with Crippen LogP contribution in [0.25, 0.3) is 0 Å². The number of fused-ring (bicyclic) bond motifs is 1. The number of imide groups is 1. The molecule has 0 aliphatic carbocycles. The lowest BCUT2D eigenvalue weighted by atomic mass is 10.1. The number of esters is 1. The second-order valence-corrected chi connectivity index (χ2v) is 5.24. The summed E-state index contributed by atoms with van der Waals surface area (Å²) in [5.74, 6) is -2.83. The van der Waals surface area contributed by atoms with Gasteiger partial charge < -0.3 is 9.57 Å². The highest BCUT2D eigenvalue weighted by molar-refractivity contribution is 6.20. The third-order valence-electron chi connectivity index (χ3n) is 3.71. The monoisotopic (exact) mass is 339 g/mol. The van der Waals surface area contributed by atoms with Crippen molar-refractivity contribution < 1.29 is 28.8 Å². The summed E-state index contributed by atoms with van der Waals surface area (Å²) >= 11 is 0. The largest absolute Gasteiger partial charge is 0.465 e. The predicted molar refractivity (Wildman–Crippen MR) is 84.5 cm³/mol. The maximum Gasteiger partial charge on any atom is 0.338 e. The fourth-order valence-electron chi connectivity index (χ4n) is 2.52. The maximum absolute atomic E-state index is 12.2. The summed E-state index contributed by atoms with van der Waals surface area (Å²) in [6.45, 7) is 0. The zero-order valence-corrected chi connectivity index (χ0v) is 13.2. The summed E-state index contributed by atoms with van der Waals surface area (Å²) in [5, 5.41) is 0.438. The Labute approximate surface area is 142 Å². The molecule has 0 saturated heterocycles. The lowest BCUT2D eigenvalue weighted by molar-refractivity contribution is -0.167. The Morgan fingerprint density at radius 1 is 0.920 bits per heavy atom. The highest BCUT2D eigenvalue weighted by atomic mass is 16.7. The van der Waals surface area contributed by atoms with Gasteiger partial charge in [-0.2, -0.15) is 0 Å². The maximum atomic E-state index is 12.2. The average molecular weight is 339 g/mol. The Balaban J connectivity index is 1.76. The van der Waals surface area contributed by atoms with E-state index >= 15 is 0 Å². The smallest absolute Gasteiger partial charge is 0.338 e. The number of methoxy groups -OCH3 is 1. The van der Waals surface area contributed by atoms with Gasteiger partial charge in [-0.05, 0) is 23.8 Å². The van der Waals surface area contributed by atoms with Crippen LogP contribution in [-0.2, 0) is 20.8 Å². The van der Waals surface area contributed by atoms with Gasteiger partial charge in [0.2, 0.25) is 0 Å². The summed E-state index contributed by atoms with van der Waals surface area (Å²) in [6.07, 6.45) is -0.293. The molecule has 2 amide bonds. The molecule has 1 aliphatic rings. The molecule has 1 heterocycles. The first-order chi connectivity index (χ1) is 12.0. The molecule has 2 aromatic carbocycles. The molecule has 126 valence electrons. The zero-order chi connectivity index (χ0) is 18.0.